The van der Waals surface area contributed by atoms with E-state index in [2.05, 4.69) is 21.7 Å². The van der Waals surface area contributed by atoms with Crippen LogP contribution in [-0.4, -0.2) is 23.6 Å². The van der Waals surface area contributed by atoms with Crippen molar-refractivity contribution in [2.45, 2.75) is 13.8 Å². The molecule has 0 bridgehead atoms. The van der Waals surface area contributed by atoms with Crippen LogP contribution in [-0.2, 0) is 0 Å². The van der Waals surface area contributed by atoms with Gasteiger partial charge in [0.2, 0.25) is 0 Å². The first-order valence-electron chi connectivity index (χ1n) is 9.78. The molecule has 8 nitrogen and oxygen atoms in total. The van der Waals surface area contributed by atoms with Gasteiger partial charge in [-0.1, -0.05) is 35.4 Å². The van der Waals surface area contributed by atoms with Crippen molar-refractivity contribution in [1.82, 2.24) is 21.7 Å². The lowest BCUT2D eigenvalue weighted by Gasteiger charge is -2.09. The zero-order valence-corrected chi connectivity index (χ0v) is 17.6. The Morgan fingerprint density at radius 1 is 0.469 bits per heavy atom. The molecule has 3 aromatic carbocycles. The van der Waals surface area contributed by atoms with Gasteiger partial charge in [0.15, 0.2) is 0 Å². The lowest BCUT2D eigenvalue weighted by atomic mass is 10.1. The molecule has 0 radical (unpaired) electrons. The van der Waals surface area contributed by atoms with E-state index >= 15 is 0 Å². The summed E-state index contributed by atoms with van der Waals surface area (Å²) < 4.78 is 0. The molecule has 4 amide bonds. The zero-order chi connectivity index (χ0) is 23.1. The molecule has 3 aromatic rings. The van der Waals surface area contributed by atoms with E-state index < -0.39 is 23.6 Å². The molecule has 0 aliphatic rings. The molecule has 0 fully saturated rings. The Balaban J connectivity index is 1.52. The molecule has 0 heterocycles. The summed E-state index contributed by atoms with van der Waals surface area (Å²) in [5.41, 5.74) is 12.5. The third-order valence-corrected chi connectivity index (χ3v) is 4.55. The summed E-state index contributed by atoms with van der Waals surface area (Å²) in [5, 5.41) is 0. The number of benzene rings is 3. The molecule has 0 aromatic heterocycles. The number of rotatable bonds is 4. The maximum absolute atomic E-state index is 12.2. The van der Waals surface area contributed by atoms with Crippen molar-refractivity contribution in [2.24, 2.45) is 0 Å². The van der Waals surface area contributed by atoms with Crippen molar-refractivity contribution >= 4 is 23.6 Å². The second kappa shape index (κ2) is 10.0. The SMILES string of the molecule is Cc1cccc(C(=O)NNC(=O)c2ccc(C(=O)NNC(=O)c3cccc(C)c3)cc2)c1. The summed E-state index contributed by atoms with van der Waals surface area (Å²) in [4.78, 5) is 48.7. The first-order chi connectivity index (χ1) is 15.3. The fourth-order valence-electron chi connectivity index (χ4n) is 2.86. The molecule has 0 aliphatic carbocycles. The van der Waals surface area contributed by atoms with E-state index in [0.29, 0.717) is 11.1 Å². The van der Waals surface area contributed by atoms with Crippen LogP contribution < -0.4 is 21.7 Å². The Morgan fingerprint density at radius 3 is 1.09 bits per heavy atom. The predicted octanol–water partition coefficient (Wildman–Crippen LogP) is 2.45. The molecule has 4 N–H and O–H groups in total. The Labute approximate surface area is 185 Å². The summed E-state index contributed by atoms with van der Waals surface area (Å²) in [6.07, 6.45) is 0. The third kappa shape index (κ3) is 5.79. The number of carbonyl (C=O) groups excluding carboxylic acids is 4. The quantitative estimate of drug-likeness (QED) is 0.476. The molecule has 0 spiro atoms. The minimum atomic E-state index is -0.536. The number of aryl methyl sites for hydroxylation is 2. The Hall–Kier alpha value is -4.46. The maximum atomic E-state index is 12.2. The highest BCUT2D eigenvalue weighted by Crippen LogP contribution is 2.06. The van der Waals surface area contributed by atoms with Gasteiger partial charge >= 0.3 is 0 Å². The van der Waals surface area contributed by atoms with Gasteiger partial charge in [0, 0.05) is 22.3 Å². The van der Waals surface area contributed by atoms with Crippen LogP contribution in [0.3, 0.4) is 0 Å². The van der Waals surface area contributed by atoms with Gasteiger partial charge in [-0.25, -0.2) is 0 Å². The topological polar surface area (TPSA) is 116 Å². The molecule has 32 heavy (non-hydrogen) atoms. The molecule has 162 valence electrons. The van der Waals surface area contributed by atoms with Crippen molar-refractivity contribution in [2.75, 3.05) is 0 Å². The van der Waals surface area contributed by atoms with Crippen molar-refractivity contribution in [3.8, 4) is 0 Å². The summed E-state index contributed by atoms with van der Waals surface area (Å²) in [6.45, 7) is 3.72. The van der Waals surface area contributed by atoms with E-state index in [-0.39, 0.29) is 11.1 Å². The van der Waals surface area contributed by atoms with Gasteiger partial charge in [0.25, 0.3) is 23.6 Å². The highest BCUT2D eigenvalue weighted by molar-refractivity contribution is 6.01. The number of hydrogen-bond donors (Lipinski definition) is 4. The van der Waals surface area contributed by atoms with Crippen LogP contribution in [0, 0.1) is 13.8 Å². The van der Waals surface area contributed by atoms with E-state index in [9.17, 15) is 19.2 Å². The second-order valence-electron chi connectivity index (χ2n) is 7.13. The molecule has 0 unspecified atom stereocenters. The average Bonchev–Trinajstić information content (AvgIpc) is 2.80. The van der Waals surface area contributed by atoms with E-state index in [0.717, 1.165) is 11.1 Å². The van der Waals surface area contributed by atoms with Crippen LogP contribution in [0.15, 0.2) is 72.8 Å². The third-order valence-electron chi connectivity index (χ3n) is 4.55. The lowest BCUT2D eigenvalue weighted by molar-refractivity contribution is 0.0844. The number of amides is 4. The van der Waals surface area contributed by atoms with Crippen LogP contribution in [0.2, 0.25) is 0 Å². The smallest absolute Gasteiger partial charge is 0.267 e. The minimum Gasteiger partial charge on any atom is -0.267 e. The van der Waals surface area contributed by atoms with E-state index in [1.807, 2.05) is 26.0 Å². The highest BCUT2D eigenvalue weighted by Gasteiger charge is 2.12. The van der Waals surface area contributed by atoms with Crippen LogP contribution in [0.5, 0.6) is 0 Å². The van der Waals surface area contributed by atoms with Crippen LogP contribution in [0.25, 0.3) is 0 Å². The summed E-state index contributed by atoms with van der Waals surface area (Å²) in [5.74, 6) is -1.96. The molecule has 0 atom stereocenters. The van der Waals surface area contributed by atoms with Crippen molar-refractivity contribution in [3.05, 3.63) is 106 Å². The second-order valence-corrected chi connectivity index (χ2v) is 7.13. The molecular formula is C24H22N4O4. The molecule has 8 heteroatoms. The van der Waals surface area contributed by atoms with E-state index in [1.54, 1.807) is 36.4 Å². The van der Waals surface area contributed by atoms with Gasteiger partial charge in [0.1, 0.15) is 0 Å². The summed E-state index contributed by atoms with van der Waals surface area (Å²) >= 11 is 0. The van der Waals surface area contributed by atoms with Gasteiger partial charge in [-0.3, -0.25) is 40.9 Å². The zero-order valence-electron chi connectivity index (χ0n) is 17.6. The number of nitrogens with one attached hydrogen (secondary N) is 4. The van der Waals surface area contributed by atoms with E-state index in [1.165, 1.54) is 24.3 Å². The van der Waals surface area contributed by atoms with Crippen molar-refractivity contribution < 1.29 is 19.2 Å². The summed E-state index contributed by atoms with van der Waals surface area (Å²) in [7, 11) is 0. The predicted molar refractivity (Wildman–Crippen MR) is 119 cm³/mol. The van der Waals surface area contributed by atoms with Crippen LogP contribution in [0.1, 0.15) is 52.6 Å². The van der Waals surface area contributed by atoms with Gasteiger partial charge in [0.05, 0.1) is 0 Å². The van der Waals surface area contributed by atoms with Gasteiger partial charge < -0.3 is 0 Å². The number of hydrazine groups is 2. The maximum Gasteiger partial charge on any atom is 0.269 e. The minimum absolute atomic E-state index is 0.245. The molecule has 0 aliphatic heterocycles. The van der Waals surface area contributed by atoms with Gasteiger partial charge in [-0.15, -0.1) is 0 Å². The standard InChI is InChI=1S/C24H22N4O4/c1-15-5-3-7-19(13-15)23(31)27-25-21(29)17-9-11-18(12-10-17)22(30)26-28-24(32)20-8-4-6-16(2)14-20/h3-14H,1-2H3,(H,25,29)(H,26,30)(H,27,31)(H,28,32). The number of carbonyl (C=O) groups is 4. The Bertz CT molecular complexity index is 1080. The van der Waals surface area contributed by atoms with Gasteiger partial charge in [-0.2, -0.15) is 0 Å². The molecular weight excluding hydrogens is 408 g/mol. The van der Waals surface area contributed by atoms with E-state index in [4.69, 9.17) is 0 Å². The first kappa shape index (κ1) is 22.2. The average molecular weight is 430 g/mol. The fourth-order valence-corrected chi connectivity index (χ4v) is 2.86. The Kier molecular flexibility index (Phi) is 6.97. The largest absolute Gasteiger partial charge is 0.269 e. The Morgan fingerprint density at radius 2 is 0.781 bits per heavy atom. The summed E-state index contributed by atoms with van der Waals surface area (Å²) in [6, 6.07) is 19.6. The lowest BCUT2D eigenvalue weighted by Crippen LogP contribution is -2.42. The molecule has 3 rings (SSSR count). The number of hydrogen-bond acceptors (Lipinski definition) is 4. The molecule has 0 saturated carbocycles. The monoisotopic (exact) mass is 430 g/mol. The van der Waals surface area contributed by atoms with Crippen molar-refractivity contribution in [1.29, 1.82) is 0 Å². The molecule has 0 saturated heterocycles. The van der Waals surface area contributed by atoms with Crippen LogP contribution >= 0.6 is 0 Å². The highest BCUT2D eigenvalue weighted by atomic mass is 16.2. The van der Waals surface area contributed by atoms with Crippen LogP contribution in [0.4, 0.5) is 0 Å². The normalized spacial score (nSPS) is 10.1. The fraction of sp³-hybridized carbons (Fsp3) is 0.0833. The first-order valence-corrected chi connectivity index (χ1v) is 9.78. The van der Waals surface area contributed by atoms with Crippen molar-refractivity contribution in [3.63, 3.8) is 0 Å². The van der Waals surface area contributed by atoms with Gasteiger partial charge in [-0.05, 0) is 62.4 Å².